The number of anilines is 2. The molecule has 3 saturated carbocycles. The second-order valence-corrected chi connectivity index (χ2v) is 12.1. The highest BCUT2D eigenvalue weighted by molar-refractivity contribution is 7.14. The van der Waals surface area contributed by atoms with Crippen LogP contribution >= 0.6 is 11.3 Å². The molecule has 1 aromatic heterocycles. The van der Waals surface area contributed by atoms with Gasteiger partial charge in [0, 0.05) is 36.6 Å². The molecule has 2 atom stereocenters. The van der Waals surface area contributed by atoms with Crippen LogP contribution in [0.15, 0.2) is 94.9 Å². The van der Waals surface area contributed by atoms with E-state index in [0.717, 1.165) is 28.7 Å². The number of fused-ring (bicyclic) bond motifs is 2. The van der Waals surface area contributed by atoms with Crippen LogP contribution in [0, 0.1) is 17.3 Å². The maximum atomic E-state index is 4.99. The molecule has 5 heteroatoms. The first-order chi connectivity index (χ1) is 18.4. The lowest BCUT2D eigenvalue weighted by Crippen LogP contribution is -2.53. The molecular formula is C33H34N4S. The predicted octanol–water partition coefficient (Wildman–Crippen LogP) is 8.46. The van der Waals surface area contributed by atoms with Gasteiger partial charge in [-0.1, -0.05) is 80.6 Å². The molecule has 0 spiro atoms. The molecule has 0 saturated heterocycles. The Balaban J connectivity index is 1.22. The van der Waals surface area contributed by atoms with Crippen LogP contribution in [-0.4, -0.2) is 24.8 Å². The second kappa shape index (κ2) is 9.88. The van der Waals surface area contributed by atoms with Gasteiger partial charge in [0.05, 0.1) is 11.4 Å². The van der Waals surface area contributed by atoms with E-state index in [0.29, 0.717) is 11.3 Å². The van der Waals surface area contributed by atoms with E-state index in [-0.39, 0.29) is 0 Å². The Bertz CT molecular complexity index is 1480. The van der Waals surface area contributed by atoms with Gasteiger partial charge in [-0.3, -0.25) is 5.43 Å². The first-order valence-corrected chi connectivity index (χ1v) is 14.2. The molecule has 0 aliphatic heterocycles. The molecule has 38 heavy (non-hydrogen) atoms. The summed E-state index contributed by atoms with van der Waals surface area (Å²) in [5, 5.41) is 7.92. The lowest BCUT2D eigenvalue weighted by molar-refractivity contribution is 0.0143. The molecule has 7 rings (SSSR count). The fourth-order valence-electron chi connectivity index (χ4n) is 5.80. The predicted molar refractivity (Wildman–Crippen MR) is 163 cm³/mol. The Morgan fingerprint density at radius 2 is 1.61 bits per heavy atom. The number of nitrogens with zero attached hydrogens (tertiary/aromatic N) is 3. The zero-order chi connectivity index (χ0) is 26.3. The first-order valence-electron chi connectivity index (χ1n) is 13.3. The molecule has 192 valence electrons. The van der Waals surface area contributed by atoms with Crippen LogP contribution in [0.5, 0.6) is 0 Å². The number of hydrazone groups is 1. The summed E-state index contributed by atoms with van der Waals surface area (Å²) in [6.45, 7) is 4.79. The van der Waals surface area contributed by atoms with E-state index in [4.69, 9.17) is 10.1 Å². The number of hydrogen-bond donors (Lipinski definition) is 1. The zero-order valence-corrected chi connectivity index (χ0v) is 23.3. The van der Waals surface area contributed by atoms with Crippen molar-refractivity contribution in [3.63, 3.8) is 0 Å². The minimum Gasteiger partial charge on any atom is -0.378 e. The summed E-state index contributed by atoms with van der Waals surface area (Å²) in [4.78, 5) is 6.98. The summed E-state index contributed by atoms with van der Waals surface area (Å²) in [6, 6.07) is 27.8. The minimum absolute atomic E-state index is 0.293. The molecular weight excluding hydrogens is 484 g/mol. The van der Waals surface area contributed by atoms with E-state index < -0.39 is 0 Å². The second-order valence-electron chi connectivity index (χ2n) is 11.3. The van der Waals surface area contributed by atoms with Crippen LogP contribution in [0.2, 0.25) is 0 Å². The third-order valence-corrected chi connectivity index (χ3v) is 9.16. The summed E-state index contributed by atoms with van der Waals surface area (Å²) in [5.74, 6) is 1.20. The average Bonchev–Trinajstić information content (AvgIpc) is 3.42. The fourth-order valence-corrected chi connectivity index (χ4v) is 6.46. The van der Waals surface area contributed by atoms with Gasteiger partial charge in [-0.15, -0.1) is 11.3 Å². The molecule has 4 nitrogen and oxygen atoms in total. The van der Waals surface area contributed by atoms with Crippen LogP contribution in [0.25, 0.3) is 28.5 Å². The number of rotatable bonds is 6. The number of aromatic nitrogens is 1. The summed E-state index contributed by atoms with van der Waals surface area (Å²) < 4.78 is 0. The smallest absolute Gasteiger partial charge is 0.203 e. The Labute approximate surface area is 229 Å². The Morgan fingerprint density at radius 3 is 2.29 bits per heavy atom. The first kappa shape index (κ1) is 24.6. The molecule has 1 N–H and O–H groups in total. The Hall–Kier alpha value is -3.70. The molecule has 0 amide bonds. The third kappa shape index (κ3) is 4.67. The van der Waals surface area contributed by atoms with E-state index in [2.05, 4.69) is 123 Å². The van der Waals surface area contributed by atoms with E-state index >= 15 is 0 Å². The molecule has 3 aliphatic carbocycles. The molecule has 2 bridgehead atoms. The van der Waals surface area contributed by atoms with Crippen molar-refractivity contribution in [1.29, 1.82) is 0 Å². The van der Waals surface area contributed by atoms with E-state index in [1.807, 2.05) is 6.07 Å². The Morgan fingerprint density at radius 1 is 0.921 bits per heavy atom. The van der Waals surface area contributed by atoms with Gasteiger partial charge in [-0.05, 0) is 64.6 Å². The molecule has 3 aliphatic rings. The highest BCUT2D eigenvalue weighted by Gasteiger charge is 2.54. The van der Waals surface area contributed by atoms with Crippen molar-refractivity contribution in [2.24, 2.45) is 22.4 Å². The largest absolute Gasteiger partial charge is 0.378 e. The maximum absolute atomic E-state index is 4.99. The monoisotopic (exact) mass is 518 g/mol. The normalized spacial score (nSPS) is 21.8. The topological polar surface area (TPSA) is 40.5 Å². The van der Waals surface area contributed by atoms with Gasteiger partial charge in [0.15, 0.2) is 0 Å². The van der Waals surface area contributed by atoms with Gasteiger partial charge in [0.25, 0.3) is 0 Å². The van der Waals surface area contributed by atoms with Gasteiger partial charge < -0.3 is 4.90 Å². The molecule has 2 unspecified atom stereocenters. The molecule has 1 heterocycles. The van der Waals surface area contributed by atoms with Gasteiger partial charge in [-0.25, -0.2) is 4.98 Å². The number of nitrogens with one attached hydrogen (secondary N) is 1. The van der Waals surface area contributed by atoms with E-state index in [9.17, 15) is 0 Å². The van der Waals surface area contributed by atoms with Gasteiger partial charge >= 0.3 is 0 Å². The van der Waals surface area contributed by atoms with Crippen LogP contribution in [0.4, 0.5) is 10.8 Å². The zero-order valence-electron chi connectivity index (χ0n) is 22.5. The standard InChI is InChI=1S/C33H34N4S/c1-33(2)27-19-26(18-22-10-16-28(17-11-22)37(3)4)31(29(33)20-27)35-36-32-34-30(21-38-32)25-14-12-24(13-15-25)23-8-6-5-7-9-23/h5-18,21,27,29H,19-20H2,1-4H3,(H,34,36). The maximum Gasteiger partial charge on any atom is 0.203 e. The third-order valence-electron chi connectivity index (χ3n) is 8.41. The van der Waals surface area contributed by atoms with Crippen LogP contribution in [-0.2, 0) is 0 Å². The number of hydrogen-bond acceptors (Lipinski definition) is 5. The average molecular weight is 519 g/mol. The van der Waals surface area contributed by atoms with Gasteiger partial charge in [-0.2, -0.15) is 5.10 Å². The SMILES string of the molecule is CN(C)c1ccc(C=C2CC3CC(C2=NNc2nc(-c4ccc(-c5ccccc5)cc4)cs2)C3(C)C)cc1. The highest BCUT2D eigenvalue weighted by Crippen LogP contribution is 2.59. The van der Waals surface area contributed by atoms with Crippen molar-refractivity contribution in [3.8, 4) is 22.4 Å². The Kier molecular flexibility index (Phi) is 6.40. The summed E-state index contributed by atoms with van der Waals surface area (Å²) >= 11 is 1.60. The molecule has 0 radical (unpaired) electrons. The molecule has 3 fully saturated rings. The number of thiazole rings is 1. The van der Waals surface area contributed by atoms with Crippen molar-refractivity contribution < 1.29 is 0 Å². The van der Waals surface area contributed by atoms with Crippen molar-refractivity contribution >= 4 is 33.9 Å². The summed E-state index contributed by atoms with van der Waals surface area (Å²) in [5.41, 5.74) is 13.1. The number of benzene rings is 3. The van der Waals surface area contributed by atoms with Gasteiger partial charge in [0.1, 0.15) is 0 Å². The van der Waals surface area contributed by atoms with Gasteiger partial charge in [0.2, 0.25) is 5.13 Å². The van der Waals surface area contributed by atoms with Crippen LogP contribution in [0.1, 0.15) is 32.3 Å². The van der Waals surface area contributed by atoms with Crippen molar-refractivity contribution in [1.82, 2.24) is 4.98 Å². The molecule has 4 aromatic rings. The molecule has 3 aromatic carbocycles. The summed E-state index contributed by atoms with van der Waals surface area (Å²) in [7, 11) is 4.15. The van der Waals surface area contributed by atoms with E-state index in [1.165, 1.54) is 40.1 Å². The van der Waals surface area contributed by atoms with Crippen LogP contribution in [0.3, 0.4) is 0 Å². The van der Waals surface area contributed by atoms with Crippen LogP contribution < -0.4 is 10.3 Å². The lowest BCUT2D eigenvalue weighted by atomic mass is 9.47. The lowest BCUT2D eigenvalue weighted by Gasteiger charge is -2.57. The minimum atomic E-state index is 0.293. The van der Waals surface area contributed by atoms with Crippen molar-refractivity contribution in [2.45, 2.75) is 26.7 Å². The quantitative estimate of drug-likeness (QED) is 0.260. The van der Waals surface area contributed by atoms with Crippen molar-refractivity contribution in [2.75, 3.05) is 24.4 Å². The summed E-state index contributed by atoms with van der Waals surface area (Å²) in [6.07, 6.45) is 4.63. The van der Waals surface area contributed by atoms with E-state index in [1.54, 1.807) is 11.3 Å². The highest BCUT2D eigenvalue weighted by atomic mass is 32.1. The van der Waals surface area contributed by atoms with Crippen molar-refractivity contribution in [3.05, 3.63) is 95.4 Å². The fraction of sp³-hybridized carbons (Fsp3) is 0.273. The number of allylic oxidation sites excluding steroid dienone is 1.